The van der Waals surface area contributed by atoms with E-state index in [1.165, 1.54) is 38.5 Å². The highest BCUT2D eigenvalue weighted by Crippen LogP contribution is 2.38. The molecule has 0 aromatic heterocycles. The van der Waals surface area contributed by atoms with Gasteiger partial charge >= 0.3 is 0 Å². The van der Waals surface area contributed by atoms with Crippen LogP contribution in [0.3, 0.4) is 0 Å². The predicted molar refractivity (Wildman–Crippen MR) is 138 cm³/mol. The summed E-state index contributed by atoms with van der Waals surface area (Å²) in [6.07, 6.45) is 8.67. The third kappa shape index (κ3) is 4.83. The van der Waals surface area contributed by atoms with E-state index in [-0.39, 0.29) is 18.0 Å². The Balaban J connectivity index is 1.20. The molecular formula is C25H47ClN8. The number of alkyl halides is 1. The number of likely N-dealkylation sites (tertiary alicyclic amines) is 1. The quantitative estimate of drug-likeness (QED) is 0.344. The summed E-state index contributed by atoms with van der Waals surface area (Å²) in [6, 6.07) is 0.335. The molecule has 4 saturated heterocycles. The summed E-state index contributed by atoms with van der Waals surface area (Å²) in [5.41, 5.74) is 0.0451. The lowest BCUT2D eigenvalue weighted by molar-refractivity contribution is 0.0346. The van der Waals surface area contributed by atoms with Crippen molar-refractivity contribution in [3.63, 3.8) is 0 Å². The van der Waals surface area contributed by atoms with Gasteiger partial charge < -0.3 is 9.80 Å². The smallest absolute Gasteiger partial charge is 0.195 e. The Bertz CT molecular complexity index is 713. The highest BCUT2D eigenvalue weighted by molar-refractivity contribution is 6.20. The highest BCUT2D eigenvalue weighted by atomic mass is 35.5. The molecule has 5 rings (SSSR count). The minimum atomic E-state index is 0.0451. The lowest BCUT2D eigenvalue weighted by atomic mass is 9.71. The van der Waals surface area contributed by atoms with Crippen LogP contribution >= 0.6 is 11.6 Å². The fourth-order valence-corrected chi connectivity index (χ4v) is 7.82. The van der Waals surface area contributed by atoms with Crippen LogP contribution in [0, 0.1) is 29.1 Å². The van der Waals surface area contributed by atoms with Crippen LogP contribution in [0.2, 0.25) is 0 Å². The van der Waals surface area contributed by atoms with Crippen LogP contribution in [-0.2, 0) is 0 Å². The fourth-order valence-electron chi connectivity index (χ4n) is 7.49. The van der Waals surface area contributed by atoms with Gasteiger partial charge in [-0.1, -0.05) is 26.7 Å². The van der Waals surface area contributed by atoms with Crippen molar-refractivity contribution in [1.29, 1.82) is 5.41 Å². The first-order valence-corrected chi connectivity index (χ1v) is 14.2. The van der Waals surface area contributed by atoms with Gasteiger partial charge in [0.1, 0.15) is 12.5 Å². The number of fused-ring (bicyclic) bond motifs is 1. The van der Waals surface area contributed by atoms with Crippen molar-refractivity contribution in [2.45, 2.75) is 82.5 Å². The van der Waals surface area contributed by atoms with E-state index in [9.17, 15) is 0 Å². The number of hydrogen-bond donors (Lipinski definition) is 4. The lowest BCUT2D eigenvalue weighted by Crippen LogP contribution is -2.67. The van der Waals surface area contributed by atoms with E-state index in [1.54, 1.807) is 0 Å². The number of nitrogens with zero attached hydrogens (tertiary/aromatic N) is 4. The van der Waals surface area contributed by atoms with E-state index in [0.29, 0.717) is 30.0 Å². The molecule has 7 atom stereocenters. The molecule has 1 aliphatic carbocycles. The van der Waals surface area contributed by atoms with Gasteiger partial charge in [0, 0.05) is 39.8 Å². The Morgan fingerprint density at radius 1 is 1.06 bits per heavy atom. The fraction of sp³-hybridized carbons (Fsp3) is 0.960. The summed E-state index contributed by atoms with van der Waals surface area (Å²) in [6.45, 7) is 9.84. The van der Waals surface area contributed by atoms with Crippen molar-refractivity contribution in [3.05, 3.63) is 0 Å². The Morgan fingerprint density at radius 3 is 2.47 bits per heavy atom. The first-order chi connectivity index (χ1) is 16.3. The van der Waals surface area contributed by atoms with E-state index in [2.05, 4.69) is 63.5 Å². The van der Waals surface area contributed by atoms with Crippen LogP contribution in [0.1, 0.15) is 52.4 Å². The average molecular weight is 495 g/mol. The monoisotopic (exact) mass is 494 g/mol. The molecule has 194 valence electrons. The zero-order chi connectivity index (χ0) is 24.0. The topological polar surface area (TPSA) is 72.9 Å². The van der Waals surface area contributed by atoms with Gasteiger partial charge in [0.2, 0.25) is 0 Å². The summed E-state index contributed by atoms with van der Waals surface area (Å²) in [5, 5.41) is 20.3. The number of rotatable bonds is 5. The summed E-state index contributed by atoms with van der Waals surface area (Å²) in [4.78, 5) is 9.44. The Hall–Kier alpha value is -0.640. The molecule has 1 saturated carbocycles. The molecule has 4 aliphatic heterocycles. The van der Waals surface area contributed by atoms with E-state index in [1.807, 2.05) is 0 Å². The number of likely N-dealkylation sites (N-methyl/N-ethyl adjacent to an activating group) is 2. The first kappa shape index (κ1) is 25.0. The second-order valence-electron chi connectivity index (χ2n) is 11.9. The molecule has 0 aromatic carbocycles. The largest absolute Gasteiger partial charge is 0.338 e. The molecule has 0 bridgehead atoms. The number of nitrogens with one attached hydrogen (secondary N) is 4. The minimum absolute atomic E-state index is 0.0451. The van der Waals surface area contributed by atoms with Gasteiger partial charge in [-0.05, 0) is 56.4 Å². The van der Waals surface area contributed by atoms with Crippen molar-refractivity contribution in [2.24, 2.45) is 23.7 Å². The predicted octanol–water partition coefficient (Wildman–Crippen LogP) is 1.94. The molecule has 4 N–H and O–H groups in total. The van der Waals surface area contributed by atoms with Crippen molar-refractivity contribution in [3.8, 4) is 0 Å². The van der Waals surface area contributed by atoms with E-state index >= 15 is 0 Å². The number of guanidine groups is 1. The zero-order valence-corrected chi connectivity index (χ0v) is 22.4. The third-order valence-corrected chi connectivity index (χ3v) is 9.77. The van der Waals surface area contributed by atoms with Crippen LogP contribution < -0.4 is 16.0 Å². The minimum Gasteiger partial charge on any atom is -0.338 e. The summed E-state index contributed by atoms with van der Waals surface area (Å²) >= 11 is 6.33. The molecule has 0 aromatic rings. The van der Waals surface area contributed by atoms with Crippen LogP contribution in [0.15, 0.2) is 0 Å². The van der Waals surface area contributed by atoms with Gasteiger partial charge in [0.05, 0.1) is 17.7 Å². The molecule has 5 aliphatic rings. The normalized spacial score (nSPS) is 41.0. The summed E-state index contributed by atoms with van der Waals surface area (Å²) in [5.74, 6) is 3.55. The van der Waals surface area contributed by atoms with Crippen molar-refractivity contribution >= 4 is 17.6 Å². The van der Waals surface area contributed by atoms with Gasteiger partial charge in [-0.25, -0.2) is 0 Å². The lowest BCUT2D eigenvalue weighted by Gasteiger charge is -2.46. The van der Waals surface area contributed by atoms with Crippen LogP contribution in [0.4, 0.5) is 0 Å². The van der Waals surface area contributed by atoms with E-state index in [4.69, 9.17) is 17.0 Å². The first-order valence-electron chi connectivity index (χ1n) is 13.8. The maximum absolute atomic E-state index is 8.91. The van der Waals surface area contributed by atoms with E-state index < -0.39 is 0 Å². The Morgan fingerprint density at radius 2 is 1.79 bits per heavy atom. The van der Waals surface area contributed by atoms with Crippen molar-refractivity contribution in [2.75, 3.05) is 46.8 Å². The number of piperidine rings is 1. The van der Waals surface area contributed by atoms with Gasteiger partial charge in [0.15, 0.2) is 5.96 Å². The SMILES string of the molecule is CC(C)C1CCCCC1C1NCC2C(N1)N(CC1CCN(C3NC(Cl)CN3C)CC1)C(=N)N2C. The molecule has 0 spiro atoms. The average Bonchev–Trinajstić information content (AvgIpc) is 3.30. The summed E-state index contributed by atoms with van der Waals surface area (Å²) < 4.78 is 0. The van der Waals surface area contributed by atoms with Gasteiger partial charge in [-0.15, -0.1) is 11.6 Å². The molecule has 0 radical (unpaired) electrons. The Kier molecular flexibility index (Phi) is 7.64. The molecule has 7 unspecified atom stereocenters. The Labute approximate surface area is 211 Å². The molecule has 8 nitrogen and oxygen atoms in total. The second-order valence-corrected chi connectivity index (χ2v) is 12.5. The molecule has 0 amide bonds. The second kappa shape index (κ2) is 10.4. The maximum Gasteiger partial charge on any atom is 0.195 e. The molecule has 34 heavy (non-hydrogen) atoms. The number of hydrogen-bond acceptors (Lipinski definition) is 6. The van der Waals surface area contributed by atoms with Crippen LogP contribution in [0.5, 0.6) is 0 Å². The molecule has 4 heterocycles. The highest BCUT2D eigenvalue weighted by Gasteiger charge is 2.48. The van der Waals surface area contributed by atoms with Crippen molar-refractivity contribution < 1.29 is 0 Å². The molecular weight excluding hydrogens is 448 g/mol. The zero-order valence-electron chi connectivity index (χ0n) is 21.6. The van der Waals surface area contributed by atoms with Crippen LogP contribution in [-0.4, -0.2) is 103 Å². The van der Waals surface area contributed by atoms with Crippen LogP contribution in [0.25, 0.3) is 0 Å². The molecule has 5 fully saturated rings. The summed E-state index contributed by atoms with van der Waals surface area (Å²) in [7, 11) is 4.26. The number of halogens is 1. The van der Waals surface area contributed by atoms with E-state index in [0.717, 1.165) is 44.6 Å². The standard InChI is InChI=1S/C25H47ClN8/c1-16(2)18-7-5-6-8-19(18)22-28-13-20-23(30-22)34(24(27)32(20)4)14-17-9-11-33(12-10-17)25-29-21(26)15-31(25)3/h16-23,25,27-30H,5-15H2,1-4H3. The van der Waals surface area contributed by atoms with Gasteiger partial charge in [-0.2, -0.15) is 0 Å². The van der Waals surface area contributed by atoms with Gasteiger partial charge in [-0.3, -0.25) is 31.2 Å². The maximum atomic E-state index is 8.91. The molecule has 9 heteroatoms. The third-order valence-electron chi connectivity index (χ3n) is 9.51. The van der Waals surface area contributed by atoms with Crippen molar-refractivity contribution in [1.82, 2.24) is 35.6 Å². The van der Waals surface area contributed by atoms with Gasteiger partial charge in [0.25, 0.3) is 0 Å².